The molecule has 34 heavy (non-hydrogen) atoms. The molecule has 0 bridgehead atoms. The smallest absolute Gasteiger partial charge is 0.433 e. The number of esters is 1. The zero-order valence-electron chi connectivity index (χ0n) is 19.4. The van der Waals surface area contributed by atoms with Crippen LogP contribution in [0.2, 0.25) is 0 Å². The number of phosphoric ester groups is 1. The molecule has 0 aliphatic carbocycles. The summed E-state index contributed by atoms with van der Waals surface area (Å²) < 4.78 is 34.6. The first-order valence-corrected chi connectivity index (χ1v) is 12.8. The maximum absolute atomic E-state index is 12.8. The number of carbonyl (C=O) groups is 4. The van der Waals surface area contributed by atoms with E-state index < -0.39 is 38.0 Å². The van der Waals surface area contributed by atoms with Gasteiger partial charge < -0.3 is 15.4 Å². The minimum absolute atomic E-state index is 0.0122. The fourth-order valence-corrected chi connectivity index (χ4v) is 4.75. The van der Waals surface area contributed by atoms with E-state index in [1.54, 1.807) is 20.9 Å². The van der Waals surface area contributed by atoms with Gasteiger partial charge in [0.1, 0.15) is 5.69 Å². The quantitative estimate of drug-likeness (QED) is 0.185. The molecule has 2 atom stereocenters. The largest absolute Gasteiger partial charge is 0.478 e. The molecule has 0 spiro atoms. The van der Waals surface area contributed by atoms with Crippen molar-refractivity contribution in [3.8, 4) is 0 Å². The fourth-order valence-electron chi connectivity index (χ4n) is 2.75. The molecule has 1 fully saturated rings. The van der Waals surface area contributed by atoms with Crippen LogP contribution in [-0.4, -0.2) is 71.0 Å². The zero-order chi connectivity index (χ0) is 25.4. The lowest BCUT2D eigenvalue weighted by Crippen LogP contribution is -2.50. The number of nitrogens with zero attached hydrogens (tertiary/aromatic N) is 2. The highest BCUT2D eigenvalue weighted by atomic mass is 32.2. The standard InChI is InChI=1S/C19H29N4O9PS/c1-13(24)34-10-9-20-15(25)6-7-21-17(26)16-19(2,3)11-30-33(28,32-16)31-12-29-18(27)14-5-8-22-23(14)4/h5,8,16H,6-7,9-12H2,1-4H3,(H,20,25)(H,21,26)/t16-,33?/m0/s1. The average Bonchev–Trinajstić information content (AvgIpc) is 3.19. The minimum atomic E-state index is -4.20. The Hall–Kier alpha value is -2.25. The summed E-state index contributed by atoms with van der Waals surface area (Å²) in [6, 6.07) is 1.44. The second-order valence-electron chi connectivity index (χ2n) is 7.94. The number of amides is 2. The van der Waals surface area contributed by atoms with Gasteiger partial charge in [-0.1, -0.05) is 25.6 Å². The number of hydrogen-bond donors (Lipinski definition) is 2. The van der Waals surface area contributed by atoms with Gasteiger partial charge in [0.25, 0.3) is 0 Å². The summed E-state index contributed by atoms with van der Waals surface area (Å²) in [5.74, 6) is -1.18. The minimum Gasteiger partial charge on any atom is -0.433 e. The Labute approximate surface area is 201 Å². The van der Waals surface area contributed by atoms with Crippen molar-refractivity contribution in [2.24, 2.45) is 12.5 Å². The molecular weight excluding hydrogens is 491 g/mol. The first-order valence-electron chi connectivity index (χ1n) is 10.3. The molecule has 13 nitrogen and oxygen atoms in total. The topological polar surface area (TPSA) is 164 Å². The summed E-state index contributed by atoms with van der Waals surface area (Å²) in [7, 11) is -2.64. The predicted octanol–water partition coefficient (Wildman–Crippen LogP) is 1.00. The van der Waals surface area contributed by atoms with Crippen LogP contribution in [-0.2, 0) is 44.3 Å². The summed E-state index contributed by atoms with van der Waals surface area (Å²) in [6.07, 6.45) is 0.225. The molecule has 1 aliphatic rings. The van der Waals surface area contributed by atoms with Gasteiger partial charge in [0.15, 0.2) is 11.2 Å². The molecule has 1 unspecified atom stereocenters. The lowest BCUT2D eigenvalue weighted by Gasteiger charge is -2.39. The molecular formula is C19H29N4O9PS. The van der Waals surface area contributed by atoms with E-state index in [4.69, 9.17) is 18.3 Å². The van der Waals surface area contributed by atoms with Crippen molar-refractivity contribution >= 4 is 42.5 Å². The van der Waals surface area contributed by atoms with Gasteiger partial charge >= 0.3 is 13.8 Å². The van der Waals surface area contributed by atoms with Gasteiger partial charge in [-0.15, -0.1) is 0 Å². The van der Waals surface area contributed by atoms with Crippen molar-refractivity contribution in [3.63, 3.8) is 0 Å². The molecule has 2 rings (SSSR count). The summed E-state index contributed by atoms with van der Waals surface area (Å²) in [5.41, 5.74) is -0.689. The van der Waals surface area contributed by atoms with Crippen molar-refractivity contribution in [2.75, 3.05) is 32.2 Å². The Morgan fingerprint density at radius 3 is 2.68 bits per heavy atom. The number of carbonyl (C=O) groups excluding carboxylic acids is 4. The van der Waals surface area contributed by atoms with Crippen LogP contribution in [0.4, 0.5) is 0 Å². The molecule has 0 radical (unpaired) electrons. The summed E-state index contributed by atoms with van der Waals surface area (Å²) >= 11 is 1.11. The van der Waals surface area contributed by atoms with Crippen LogP contribution in [0, 0.1) is 5.41 Å². The molecule has 1 aromatic heterocycles. The number of phosphoric acid groups is 1. The van der Waals surface area contributed by atoms with Crippen molar-refractivity contribution in [1.29, 1.82) is 0 Å². The predicted molar refractivity (Wildman–Crippen MR) is 121 cm³/mol. The molecule has 1 saturated heterocycles. The fraction of sp³-hybridized carbons (Fsp3) is 0.632. The molecule has 0 aromatic carbocycles. The monoisotopic (exact) mass is 520 g/mol. The molecule has 0 saturated carbocycles. The second-order valence-corrected chi connectivity index (χ2v) is 10.8. The molecule has 190 valence electrons. The van der Waals surface area contributed by atoms with Crippen LogP contribution >= 0.6 is 19.6 Å². The Morgan fingerprint density at radius 2 is 2.03 bits per heavy atom. The lowest BCUT2D eigenvalue weighted by atomic mass is 9.87. The number of rotatable bonds is 11. The Bertz CT molecular complexity index is 952. The van der Waals surface area contributed by atoms with Crippen molar-refractivity contribution in [1.82, 2.24) is 20.4 Å². The van der Waals surface area contributed by atoms with Crippen molar-refractivity contribution in [3.05, 3.63) is 18.0 Å². The van der Waals surface area contributed by atoms with Crippen LogP contribution in [0.5, 0.6) is 0 Å². The van der Waals surface area contributed by atoms with E-state index in [0.29, 0.717) is 12.3 Å². The molecule has 2 amide bonds. The van der Waals surface area contributed by atoms with E-state index in [2.05, 4.69) is 15.7 Å². The number of thioether (sulfide) groups is 1. The van der Waals surface area contributed by atoms with Crippen molar-refractivity contribution < 1.29 is 42.1 Å². The molecule has 1 aromatic rings. The number of hydrogen-bond acceptors (Lipinski definition) is 11. The summed E-state index contributed by atoms with van der Waals surface area (Å²) in [6.45, 7) is 4.32. The molecule has 15 heteroatoms. The zero-order valence-corrected chi connectivity index (χ0v) is 21.1. The third-order valence-electron chi connectivity index (χ3n) is 4.59. The first-order chi connectivity index (χ1) is 15.9. The summed E-state index contributed by atoms with van der Waals surface area (Å²) in [4.78, 5) is 47.3. The van der Waals surface area contributed by atoms with Gasteiger partial charge in [-0.2, -0.15) is 5.10 Å². The van der Waals surface area contributed by atoms with E-state index in [0.717, 1.165) is 11.8 Å². The summed E-state index contributed by atoms with van der Waals surface area (Å²) in [5, 5.41) is 9.02. The second kappa shape index (κ2) is 12.5. The SMILES string of the molecule is CC(=O)SCCNC(=O)CCNC(=O)[C@@H]1OP(=O)(OCOC(=O)c2ccnn2C)OCC1(C)C. The normalized spacial score (nSPS) is 21.5. The van der Waals surface area contributed by atoms with Crippen LogP contribution < -0.4 is 10.6 Å². The van der Waals surface area contributed by atoms with E-state index >= 15 is 0 Å². The third-order valence-corrected chi connectivity index (χ3v) is 6.74. The van der Waals surface area contributed by atoms with Gasteiger partial charge in [0.05, 0.1) is 6.61 Å². The number of aryl methyl sites for hydroxylation is 1. The highest BCUT2D eigenvalue weighted by molar-refractivity contribution is 8.13. The third kappa shape index (κ3) is 8.51. The van der Waals surface area contributed by atoms with Crippen LogP contribution in [0.25, 0.3) is 0 Å². The number of aromatic nitrogens is 2. The first kappa shape index (κ1) is 28.0. The highest BCUT2D eigenvalue weighted by Gasteiger charge is 2.49. The molecule has 2 heterocycles. The Morgan fingerprint density at radius 1 is 1.29 bits per heavy atom. The van der Waals surface area contributed by atoms with Crippen molar-refractivity contribution in [2.45, 2.75) is 33.3 Å². The van der Waals surface area contributed by atoms with Gasteiger partial charge in [0.2, 0.25) is 18.6 Å². The van der Waals surface area contributed by atoms with E-state index in [-0.39, 0.29) is 36.3 Å². The number of nitrogens with one attached hydrogen (secondary N) is 2. The van der Waals surface area contributed by atoms with E-state index in [1.807, 2.05) is 0 Å². The van der Waals surface area contributed by atoms with Gasteiger partial charge in [-0.05, 0) is 6.07 Å². The Kier molecular flexibility index (Phi) is 10.3. The highest BCUT2D eigenvalue weighted by Crippen LogP contribution is 2.57. The van der Waals surface area contributed by atoms with Crippen LogP contribution in [0.15, 0.2) is 12.3 Å². The van der Waals surface area contributed by atoms with Crippen LogP contribution in [0.1, 0.15) is 37.7 Å². The van der Waals surface area contributed by atoms with E-state index in [9.17, 15) is 23.7 Å². The average molecular weight is 521 g/mol. The maximum Gasteiger partial charge on any atom is 0.478 e. The lowest BCUT2D eigenvalue weighted by molar-refractivity contribution is -0.143. The molecule has 1 aliphatic heterocycles. The maximum atomic E-state index is 12.8. The van der Waals surface area contributed by atoms with E-state index in [1.165, 1.54) is 23.9 Å². The van der Waals surface area contributed by atoms with Gasteiger partial charge in [-0.3, -0.25) is 28.1 Å². The van der Waals surface area contributed by atoms with Crippen LogP contribution in [0.3, 0.4) is 0 Å². The Balaban J connectivity index is 1.80. The van der Waals surface area contributed by atoms with Gasteiger partial charge in [0, 0.05) is 50.8 Å². The van der Waals surface area contributed by atoms with Gasteiger partial charge in [-0.25, -0.2) is 13.9 Å². The molecule has 2 N–H and O–H groups in total. The number of ether oxygens (including phenoxy) is 1.